The first-order valence-electron chi connectivity index (χ1n) is 12.7. The number of hydrogen-bond acceptors (Lipinski definition) is 6. The average Bonchev–Trinajstić information content (AvgIpc) is 3.40. The van der Waals surface area contributed by atoms with E-state index >= 15 is 0 Å². The molecule has 1 aromatic heterocycles. The minimum absolute atomic E-state index is 0.214. The van der Waals surface area contributed by atoms with Crippen molar-refractivity contribution in [1.82, 2.24) is 4.57 Å². The van der Waals surface area contributed by atoms with Crippen molar-refractivity contribution in [3.63, 3.8) is 0 Å². The second-order valence-corrected chi connectivity index (χ2v) is 12.4. The Balaban J connectivity index is 1.40. The van der Waals surface area contributed by atoms with Gasteiger partial charge in [-0.05, 0) is 60.2 Å². The fourth-order valence-corrected chi connectivity index (χ4v) is 8.14. The van der Waals surface area contributed by atoms with Crippen LogP contribution in [0.3, 0.4) is 0 Å². The van der Waals surface area contributed by atoms with Crippen LogP contribution in [0.15, 0.2) is 82.6 Å². The van der Waals surface area contributed by atoms with E-state index in [0.29, 0.717) is 26.2 Å². The number of rotatable bonds is 5. The summed E-state index contributed by atoms with van der Waals surface area (Å²) in [6.07, 6.45) is -4.69. The van der Waals surface area contributed by atoms with Crippen LogP contribution in [-0.4, -0.2) is 27.5 Å². The summed E-state index contributed by atoms with van der Waals surface area (Å²) in [5.41, 5.74) is -0.350. The number of hydrogen-bond donors (Lipinski definition) is 1. The first kappa shape index (κ1) is 29.1. The topological polar surface area (TPSA) is 88.5 Å². The van der Waals surface area contributed by atoms with Crippen LogP contribution in [0.2, 0.25) is 5.02 Å². The van der Waals surface area contributed by atoms with Crippen LogP contribution in [0.4, 0.5) is 28.9 Å². The van der Waals surface area contributed by atoms with Crippen molar-refractivity contribution in [2.45, 2.75) is 28.9 Å². The van der Waals surface area contributed by atoms with E-state index in [1.807, 2.05) is 0 Å². The molecule has 220 valence electrons. The van der Waals surface area contributed by atoms with Crippen molar-refractivity contribution < 1.29 is 31.9 Å². The Labute approximate surface area is 254 Å². The molecule has 0 bridgehead atoms. The second-order valence-electron chi connectivity index (χ2n) is 9.83. The number of halogens is 5. The summed E-state index contributed by atoms with van der Waals surface area (Å²) < 4.78 is 54.8. The van der Waals surface area contributed by atoms with Crippen LogP contribution in [0.5, 0.6) is 0 Å². The zero-order valence-corrected chi connectivity index (χ0v) is 24.0. The zero-order valence-electron chi connectivity index (χ0n) is 21.6. The first-order valence-corrected chi connectivity index (χ1v) is 14.8. The Morgan fingerprint density at radius 2 is 1.65 bits per heavy atom. The van der Waals surface area contributed by atoms with E-state index in [1.54, 1.807) is 24.3 Å². The fourth-order valence-electron chi connectivity index (χ4n) is 5.24. The lowest BCUT2D eigenvalue weighted by Gasteiger charge is -2.30. The largest absolute Gasteiger partial charge is 0.416 e. The van der Waals surface area contributed by atoms with Crippen molar-refractivity contribution in [2.24, 2.45) is 5.92 Å². The smallest absolute Gasteiger partial charge is 0.325 e. The van der Waals surface area contributed by atoms with Crippen molar-refractivity contribution in [2.75, 3.05) is 10.2 Å². The molecule has 3 aromatic carbocycles. The van der Waals surface area contributed by atoms with E-state index in [4.69, 9.17) is 11.6 Å². The molecule has 7 nitrogen and oxygen atoms in total. The van der Waals surface area contributed by atoms with Gasteiger partial charge in [-0.1, -0.05) is 52.9 Å². The molecule has 0 saturated carbocycles. The van der Waals surface area contributed by atoms with E-state index < -0.39 is 63.8 Å². The van der Waals surface area contributed by atoms with E-state index in [-0.39, 0.29) is 5.69 Å². The van der Waals surface area contributed by atoms with Gasteiger partial charge in [0.1, 0.15) is 17.6 Å². The summed E-state index contributed by atoms with van der Waals surface area (Å²) in [5.74, 6) is -4.36. The quantitative estimate of drug-likeness (QED) is 0.207. The van der Waals surface area contributed by atoms with Crippen LogP contribution in [0.25, 0.3) is 0 Å². The molecule has 1 saturated heterocycles. The van der Waals surface area contributed by atoms with Crippen molar-refractivity contribution in [3.05, 3.63) is 109 Å². The highest BCUT2D eigenvalue weighted by atomic mass is 35.5. The third kappa shape index (κ3) is 5.36. The molecule has 2 aliphatic rings. The first-order chi connectivity index (χ1) is 20.4. The van der Waals surface area contributed by atoms with Crippen molar-refractivity contribution in [1.29, 1.82) is 0 Å². The van der Waals surface area contributed by atoms with Gasteiger partial charge in [0.2, 0.25) is 17.7 Å². The molecule has 0 aliphatic carbocycles. The number of carbonyl (C=O) groups is 3. The van der Waals surface area contributed by atoms with Gasteiger partial charge >= 0.3 is 11.0 Å². The molecular weight excluding hydrogens is 630 g/mol. The molecular formula is C29H18ClF4N3O4S2. The van der Waals surface area contributed by atoms with Gasteiger partial charge in [0.15, 0.2) is 0 Å². The molecule has 0 radical (unpaired) electrons. The maximum Gasteiger partial charge on any atom is 0.416 e. The maximum absolute atomic E-state index is 13.9. The fraction of sp³-hybridized carbons (Fsp3) is 0.172. The van der Waals surface area contributed by atoms with Crippen LogP contribution in [-0.2, 0) is 27.1 Å². The Morgan fingerprint density at radius 1 is 0.953 bits per heavy atom. The molecule has 4 aromatic rings. The van der Waals surface area contributed by atoms with Gasteiger partial charge in [-0.3, -0.25) is 23.7 Å². The number of nitrogens with zero attached hydrogens (tertiary/aromatic N) is 2. The lowest BCUT2D eigenvalue weighted by atomic mass is 9.83. The summed E-state index contributed by atoms with van der Waals surface area (Å²) in [6.45, 7) is -0.431. The van der Waals surface area contributed by atoms with Gasteiger partial charge in [-0.2, -0.15) is 13.2 Å². The van der Waals surface area contributed by atoms with Gasteiger partial charge in [-0.15, -0.1) is 0 Å². The Hall–Kier alpha value is -3.94. The van der Waals surface area contributed by atoms with Gasteiger partial charge in [0.25, 0.3) is 0 Å². The second kappa shape index (κ2) is 11.0. The molecule has 3 heterocycles. The molecule has 1 fully saturated rings. The minimum Gasteiger partial charge on any atom is -0.325 e. The number of imide groups is 1. The summed E-state index contributed by atoms with van der Waals surface area (Å²) in [6, 6.07) is 15.5. The number of carbonyl (C=O) groups excluding carboxylic acids is 3. The summed E-state index contributed by atoms with van der Waals surface area (Å²) >= 11 is 7.84. The number of thiazole rings is 1. The predicted molar refractivity (Wildman–Crippen MR) is 154 cm³/mol. The molecule has 3 unspecified atom stereocenters. The van der Waals surface area contributed by atoms with E-state index in [2.05, 4.69) is 5.32 Å². The average molecular weight is 648 g/mol. The predicted octanol–water partition coefficient (Wildman–Crippen LogP) is 6.16. The Kier molecular flexibility index (Phi) is 7.43. The third-order valence-electron chi connectivity index (χ3n) is 7.14. The number of benzene rings is 3. The molecule has 3 amide bonds. The Bertz CT molecular complexity index is 1820. The molecule has 43 heavy (non-hydrogen) atoms. The summed E-state index contributed by atoms with van der Waals surface area (Å²) in [7, 11) is 0. The molecule has 2 aliphatic heterocycles. The number of fused-ring (bicyclic) bond motifs is 2. The van der Waals surface area contributed by atoms with Crippen LogP contribution in [0.1, 0.15) is 21.9 Å². The minimum atomic E-state index is -4.69. The van der Waals surface area contributed by atoms with E-state index in [0.717, 1.165) is 46.2 Å². The maximum atomic E-state index is 13.9. The van der Waals surface area contributed by atoms with Gasteiger partial charge in [-0.25, -0.2) is 9.29 Å². The highest BCUT2D eigenvalue weighted by Gasteiger charge is 2.57. The van der Waals surface area contributed by atoms with E-state index in [1.165, 1.54) is 34.9 Å². The molecule has 1 N–H and O–H groups in total. The summed E-state index contributed by atoms with van der Waals surface area (Å²) in [4.78, 5) is 54.4. The van der Waals surface area contributed by atoms with Gasteiger partial charge < -0.3 is 5.32 Å². The molecule has 6 rings (SSSR count). The lowest BCUT2D eigenvalue weighted by Crippen LogP contribution is -2.33. The lowest BCUT2D eigenvalue weighted by molar-refractivity contribution is -0.137. The molecule has 0 spiro atoms. The SMILES string of the molecule is O=C(Cn1c2c(sc1=O)C(c1ccc(Cl)cc1)C1C(=O)N(c3cccc(C(F)(F)F)c3)C(=O)C1S2)Nc1ccc(F)cc1. The van der Waals surface area contributed by atoms with Gasteiger partial charge in [0, 0.05) is 21.5 Å². The van der Waals surface area contributed by atoms with Crippen LogP contribution < -0.4 is 15.1 Å². The number of amides is 3. The number of aromatic nitrogens is 1. The molecule has 3 atom stereocenters. The highest BCUT2D eigenvalue weighted by Crippen LogP contribution is 2.54. The summed E-state index contributed by atoms with van der Waals surface area (Å²) in [5, 5.41) is 2.22. The van der Waals surface area contributed by atoms with Crippen LogP contribution in [0, 0.1) is 11.7 Å². The number of alkyl halides is 3. The van der Waals surface area contributed by atoms with Gasteiger partial charge in [0.05, 0.1) is 22.2 Å². The van der Waals surface area contributed by atoms with E-state index in [9.17, 15) is 36.7 Å². The monoisotopic (exact) mass is 647 g/mol. The van der Waals surface area contributed by atoms with Crippen molar-refractivity contribution >= 4 is 63.8 Å². The van der Waals surface area contributed by atoms with Crippen molar-refractivity contribution in [3.8, 4) is 0 Å². The Morgan fingerprint density at radius 3 is 2.33 bits per heavy atom. The standard InChI is InChI=1S/C29H18ClF4N3O4S2/c30-16-6-4-14(5-7-16)21-22-23(26(40)37(25(22)39)19-3-1-2-15(12-19)29(32,33)34)42-27-24(21)43-28(41)36(27)13-20(38)35-18-10-8-17(31)9-11-18/h1-12,21-23H,13H2,(H,35,38). The van der Waals surface area contributed by atoms with Crippen LogP contribution >= 0.6 is 34.7 Å². The highest BCUT2D eigenvalue weighted by molar-refractivity contribution is 8.00. The third-order valence-corrected chi connectivity index (χ3v) is 10.00. The normalized spacial score (nSPS) is 19.7. The number of nitrogens with one attached hydrogen (secondary N) is 1. The zero-order chi connectivity index (χ0) is 30.6. The number of anilines is 2. The number of thioether (sulfide) groups is 1. The molecule has 14 heteroatoms.